The van der Waals surface area contributed by atoms with E-state index in [0.29, 0.717) is 6.42 Å². The van der Waals surface area contributed by atoms with Crippen LogP contribution < -0.4 is 4.72 Å². The Hall–Kier alpha value is -1.63. The lowest BCUT2D eigenvalue weighted by molar-refractivity contribution is 0.161. The van der Waals surface area contributed by atoms with Gasteiger partial charge in [0.05, 0.1) is 11.0 Å². The summed E-state index contributed by atoms with van der Waals surface area (Å²) in [5, 5.41) is 10.0. The minimum atomic E-state index is -3.52. The number of aryl methyl sites for hydroxylation is 2. The lowest BCUT2D eigenvalue weighted by Gasteiger charge is -2.13. The van der Waals surface area contributed by atoms with Crippen molar-refractivity contribution in [1.29, 1.82) is 0 Å². The molecule has 0 amide bonds. The predicted octanol–water partition coefficient (Wildman–Crippen LogP) is 1.74. The van der Waals surface area contributed by atoms with E-state index in [2.05, 4.69) is 4.72 Å². The molecule has 1 atom stereocenters. The lowest BCUT2D eigenvalue weighted by atomic mass is 10.2. The summed E-state index contributed by atoms with van der Waals surface area (Å²) in [6.45, 7) is 2.09. The molecule has 0 radical (unpaired) electrons. The molecule has 0 saturated heterocycles. The second kappa shape index (κ2) is 6.43. The van der Waals surface area contributed by atoms with Crippen LogP contribution in [0.3, 0.4) is 0 Å². The van der Waals surface area contributed by atoms with Crippen LogP contribution in [-0.2, 0) is 17.1 Å². The first-order valence-electron chi connectivity index (χ1n) is 6.76. The number of hydrogen-bond donors (Lipinski definition) is 2. The smallest absolute Gasteiger partial charge is 0.240 e. The zero-order valence-corrected chi connectivity index (χ0v) is 13.0. The highest BCUT2D eigenvalue weighted by molar-refractivity contribution is 7.89. The zero-order chi connectivity index (χ0) is 15.5. The number of nitrogens with zero attached hydrogens (tertiary/aromatic N) is 1. The lowest BCUT2D eigenvalue weighted by Crippen LogP contribution is -2.26. The Balaban J connectivity index is 1.93. The Bertz CT molecular complexity index is 690. The second-order valence-electron chi connectivity index (χ2n) is 5.06. The van der Waals surface area contributed by atoms with E-state index in [1.54, 1.807) is 24.3 Å². The number of sulfonamides is 1. The third-order valence-electron chi connectivity index (χ3n) is 3.37. The number of benzene rings is 1. The Labute approximate surface area is 125 Å². The summed E-state index contributed by atoms with van der Waals surface area (Å²) in [7, 11) is -1.68. The van der Waals surface area contributed by atoms with Crippen LogP contribution in [0.25, 0.3) is 0 Å². The number of aromatic nitrogens is 1. The van der Waals surface area contributed by atoms with Gasteiger partial charge in [0.25, 0.3) is 0 Å². The van der Waals surface area contributed by atoms with Crippen molar-refractivity contribution in [2.75, 3.05) is 6.54 Å². The molecular weight excluding hydrogens is 288 g/mol. The largest absolute Gasteiger partial charge is 0.387 e. The standard InChI is InChI=1S/C15H20N2O3S/c1-12-5-7-13(8-6-12)21(19,20)16-10-9-15(18)14-4-3-11-17(14)2/h3-8,11,15-16,18H,9-10H2,1-2H3. The van der Waals surface area contributed by atoms with Gasteiger partial charge in [-0.05, 0) is 37.6 Å². The van der Waals surface area contributed by atoms with Crippen molar-refractivity contribution in [3.05, 3.63) is 53.9 Å². The van der Waals surface area contributed by atoms with Gasteiger partial charge in [-0.3, -0.25) is 0 Å². The van der Waals surface area contributed by atoms with E-state index in [0.717, 1.165) is 11.3 Å². The maximum Gasteiger partial charge on any atom is 0.240 e. The van der Waals surface area contributed by atoms with Crippen molar-refractivity contribution >= 4 is 10.0 Å². The molecule has 1 unspecified atom stereocenters. The summed E-state index contributed by atoms with van der Waals surface area (Å²) < 4.78 is 28.5. The van der Waals surface area contributed by atoms with E-state index in [9.17, 15) is 13.5 Å². The minimum absolute atomic E-state index is 0.183. The molecule has 114 valence electrons. The Kier molecular flexibility index (Phi) is 4.82. The van der Waals surface area contributed by atoms with Gasteiger partial charge in [0.1, 0.15) is 0 Å². The van der Waals surface area contributed by atoms with Crippen LogP contribution in [0.15, 0.2) is 47.5 Å². The molecule has 0 aliphatic heterocycles. The summed E-state index contributed by atoms with van der Waals surface area (Å²) in [6, 6.07) is 10.3. The van der Waals surface area contributed by atoms with Gasteiger partial charge >= 0.3 is 0 Å². The van der Waals surface area contributed by atoms with E-state index < -0.39 is 16.1 Å². The van der Waals surface area contributed by atoms with Crippen LogP contribution in [0.5, 0.6) is 0 Å². The number of hydrogen-bond acceptors (Lipinski definition) is 3. The Morgan fingerprint density at radius 3 is 2.48 bits per heavy atom. The second-order valence-corrected chi connectivity index (χ2v) is 6.83. The molecule has 0 aliphatic carbocycles. The summed E-state index contributed by atoms with van der Waals surface area (Å²) in [6.07, 6.45) is 1.48. The highest BCUT2D eigenvalue weighted by atomic mass is 32.2. The van der Waals surface area contributed by atoms with Crippen molar-refractivity contribution in [2.45, 2.75) is 24.3 Å². The first-order chi connectivity index (χ1) is 9.90. The summed E-state index contributed by atoms with van der Waals surface area (Å²) >= 11 is 0. The third-order valence-corrected chi connectivity index (χ3v) is 4.84. The SMILES string of the molecule is Cc1ccc(S(=O)(=O)NCCC(O)c2cccn2C)cc1. The Morgan fingerprint density at radius 1 is 1.24 bits per heavy atom. The molecule has 1 aromatic heterocycles. The molecule has 0 aliphatic rings. The fourth-order valence-corrected chi connectivity index (χ4v) is 3.15. The first-order valence-corrected chi connectivity index (χ1v) is 8.24. The van der Waals surface area contributed by atoms with E-state index >= 15 is 0 Å². The van der Waals surface area contributed by atoms with Gasteiger partial charge < -0.3 is 9.67 Å². The Morgan fingerprint density at radius 2 is 1.90 bits per heavy atom. The topological polar surface area (TPSA) is 71.3 Å². The van der Waals surface area contributed by atoms with Crippen molar-refractivity contribution in [3.63, 3.8) is 0 Å². The first kappa shape index (κ1) is 15.8. The van der Waals surface area contributed by atoms with E-state index in [-0.39, 0.29) is 11.4 Å². The summed E-state index contributed by atoms with van der Waals surface area (Å²) in [5.41, 5.74) is 1.78. The molecule has 2 aromatic rings. The van der Waals surface area contributed by atoms with Crippen LogP contribution in [-0.4, -0.2) is 24.6 Å². The molecule has 1 heterocycles. The van der Waals surface area contributed by atoms with E-state index in [1.807, 2.05) is 36.9 Å². The molecule has 0 bridgehead atoms. The van der Waals surface area contributed by atoms with Crippen LogP contribution in [0, 0.1) is 6.92 Å². The molecular formula is C15H20N2O3S. The number of aliphatic hydroxyl groups excluding tert-OH is 1. The van der Waals surface area contributed by atoms with E-state index in [1.165, 1.54) is 0 Å². The normalized spacial score (nSPS) is 13.3. The molecule has 6 heteroatoms. The predicted molar refractivity (Wildman–Crippen MR) is 81.4 cm³/mol. The molecule has 0 saturated carbocycles. The number of aliphatic hydroxyl groups is 1. The van der Waals surface area contributed by atoms with Crippen molar-refractivity contribution in [2.24, 2.45) is 7.05 Å². The molecule has 1 aromatic carbocycles. The van der Waals surface area contributed by atoms with Crippen molar-refractivity contribution in [3.8, 4) is 0 Å². The number of rotatable bonds is 6. The van der Waals surface area contributed by atoms with Crippen molar-refractivity contribution < 1.29 is 13.5 Å². The van der Waals surface area contributed by atoms with Gasteiger partial charge in [-0.15, -0.1) is 0 Å². The van der Waals surface area contributed by atoms with Gasteiger partial charge in [-0.25, -0.2) is 13.1 Å². The fourth-order valence-electron chi connectivity index (χ4n) is 2.10. The van der Waals surface area contributed by atoms with Crippen LogP contribution in [0.1, 0.15) is 23.8 Å². The molecule has 21 heavy (non-hydrogen) atoms. The molecule has 2 rings (SSSR count). The highest BCUT2D eigenvalue weighted by Crippen LogP contribution is 2.16. The average molecular weight is 308 g/mol. The quantitative estimate of drug-likeness (QED) is 0.854. The maximum absolute atomic E-state index is 12.1. The highest BCUT2D eigenvalue weighted by Gasteiger charge is 2.15. The van der Waals surface area contributed by atoms with Gasteiger partial charge in [-0.1, -0.05) is 17.7 Å². The maximum atomic E-state index is 12.1. The zero-order valence-electron chi connectivity index (χ0n) is 12.2. The monoisotopic (exact) mass is 308 g/mol. The van der Waals surface area contributed by atoms with Gasteiger partial charge in [0.15, 0.2) is 0 Å². The van der Waals surface area contributed by atoms with Crippen LogP contribution in [0.4, 0.5) is 0 Å². The summed E-state index contributed by atoms with van der Waals surface area (Å²) in [5.74, 6) is 0. The summed E-state index contributed by atoms with van der Waals surface area (Å²) in [4.78, 5) is 0.237. The van der Waals surface area contributed by atoms with Gasteiger partial charge in [0, 0.05) is 25.5 Å². The minimum Gasteiger partial charge on any atom is -0.387 e. The molecule has 5 nitrogen and oxygen atoms in total. The molecule has 0 fully saturated rings. The molecule has 0 spiro atoms. The fraction of sp³-hybridized carbons (Fsp3) is 0.333. The van der Waals surface area contributed by atoms with Gasteiger partial charge in [0.2, 0.25) is 10.0 Å². The van der Waals surface area contributed by atoms with Gasteiger partial charge in [-0.2, -0.15) is 0 Å². The number of nitrogens with one attached hydrogen (secondary N) is 1. The molecule has 2 N–H and O–H groups in total. The van der Waals surface area contributed by atoms with Crippen molar-refractivity contribution in [1.82, 2.24) is 9.29 Å². The van der Waals surface area contributed by atoms with Crippen LogP contribution >= 0.6 is 0 Å². The van der Waals surface area contributed by atoms with E-state index in [4.69, 9.17) is 0 Å². The van der Waals surface area contributed by atoms with Crippen LogP contribution in [0.2, 0.25) is 0 Å². The average Bonchev–Trinajstić information content (AvgIpc) is 2.85. The third kappa shape index (κ3) is 3.93.